The first kappa shape index (κ1) is 20.5. The summed E-state index contributed by atoms with van der Waals surface area (Å²) in [5, 5.41) is 7.69. The van der Waals surface area contributed by atoms with Crippen LogP contribution in [-0.4, -0.2) is 8.80 Å². The average Bonchev–Trinajstić information content (AvgIpc) is 3.63. The van der Waals surface area contributed by atoms with Gasteiger partial charge in [0.1, 0.15) is 0 Å². The highest BCUT2D eigenvalue weighted by atomic mass is 16.1. The highest BCUT2D eigenvalue weighted by Crippen LogP contribution is 2.49. The minimum absolute atomic E-state index is 0.0322. The number of aromatic nitrogens is 2. The van der Waals surface area contributed by atoms with E-state index in [1.807, 2.05) is 22.6 Å². The molecule has 10 rings (SSSR count). The third kappa shape index (κ3) is 2.27. The lowest BCUT2D eigenvalue weighted by Crippen LogP contribution is -2.09. The van der Waals surface area contributed by atoms with Gasteiger partial charge in [-0.25, -0.2) is 0 Å². The lowest BCUT2D eigenvalue weighted by atomic mass is 9.94. The van der Waals surface area contributed by atoms with E-state index < -0.39 is 0 Å². The van der Waals surface area contributed by atoms with E-state index in [1.165, 1.54) is 43.9 Å². The molecule has 40 heavy (non-hydrogen) atoms. The summed E-state index contributed by atoms with van der Waals surface area (Å²) in [6, 6.07) is 42.8. The zero-order valence-electron chi connectivity index (χ0n) is 21.3. The minimum Gasteiger partial charge on any atom is -0.305 e. The molecule has 0 bridgehead atoms. The smallest absolute Gasteiger partial charge is 0.265 e. The third-order valence-corrected chi connectivity index (χ3v) is 8.93. The molecule has 0 radical (unpaired) electrons. The van der Waals surface area contributed by atoms with E-state index in [4.69, 9.17) is 0 Å². The highest BCUT2D eigenvalue weighted by Gasteiger charge is 2.28. The Morgan fingerprint density at radius 2 is 1.02 bits per heavy atom. The fourth-order valence-corrected chi connectivity index (χ4v) is 7.35. The van der Waals surface area contributed by atoms with Crippen molar-refractivity contribution < 1.29 is 0 Å². The van der Waals surface area contributed by atoms with Gasteiger partial charge >= 0.3 is 0 Å². The Morgan fingerprint density at radius 1 is 0.400 bits per heavy atom. The molecule has 4 heterocycles. The van der Waals surface area contributed by atoms with Crippen LogP contribution < -0.4 is 5.56 Å². The van der Waals surface area contributed by atoms with Crippen molar-refractivity contribution in [2.45, 2.75) is 0 Å². The standard InChI is InChI=1S/C37H20N2O/c40-37-26-16-9-15-25-28-18-23(21-10-3-1-4-11-21)19-30-32-27(22-12-5-2-6-13-22)20-29-24-14-7-8-17-31(24)38(37)35(29)36(32)39(33(25)26)34(28)30/h1-20H. The van der Waals surface area contributed by atoms with E-state index in [2.05, 4.69) is 108 Å². The van der Waals surface area contributed by atoms with Gasteiger partial charge in [0.25, 0.3) is 5.56 Å². The van der Waals surface area contributed by atoms with E-state index in [9.17, 15) is 4.79 Å². The predicted molar refractivity (Wildman–Crippen MR) is 167 cm³/mol. The number of hydrogen-bond donors (Lipinski definition) is 0. The maximum Gasteiger partial charge on any atom is 0.265 e. The van der Waals surface area contributed by atoms with Crippen LogP contribution in [0.1, 0.15) is 0 Å². The molecule has 4 aromatic heterocycles. The van der Waals surface area contributed by atoms with Gasteiger partial charge in [-0.2, -0.15) is 0 Å². The van der Waals surface area contributed by atoms with Crippen LogP contribution in [0.15, 0.2) is 126 Å². The normalized spacial score (nSPS) is 12.6. The Labute approximate surface area is 227 Å². The van der Waals surface area contributed by atoms with Crippen LogP contribution >= 0.6 is 0 Å². The van der Waals surface area contributed by atoms with E-state index in [-0.39, 0.29) is 5.56 Å². The molecule has 0 saturated carbocycles. The van der Waals surface area contributed by atoms with Crippen LogP contribution in [0.4, 0.5) is 0 Å². The van der Waals surface area contributed by atoms with Crippen molar-refractivity contribution in [2.24, 2.45) is 0 Å². The summed E-state index contributed by atoms with van der Waals surface area (Å²) in [7, 11) is 0. The molecular formula is C37H20N2O. The maximum absolute atomic E-state index is 14.5. The Hall–Kier alpha value is -5.41. The summed E-state index contributed by atoms with van der Waals surface area (Å²) in [6.45, 7) is 0. The second kappa shape index (κ2) is 6.96. The number of benzene rings is 6. The molecule has 0 N–H and O–H groups in total. The molecule has 6 aromatic carbocycles. The van der Waals surface area contributed by atoms with Gasteiger partial charge in [0, 0.05) is 32.3 Å². The van der Waals surface area contributed by atoms with Crippen molar-refractivity contribution in [3.05, 3.63) is 132 Å². The molecule has 0 amide bonds. The van der Waals surface area contributed by atoms with Crippen LogP contribution in [0, 0.1) is 0 Å². The summed E-state index contributed by atoms with van der Waals surface area (Å²) in [5.41, 5.74) is 10.0. The van der Waals surface area contributed by atoms with Gasteiger partial charge in [0.2, 0.25) is 0 Å². The molecule has 0 aliphatic carbocycles. The lowest BCUT2D eigenvalue weighted by molar-refractivity contribution is 1.22. The third-order valence-electron chi connectivity index (χ3n) is 8.93. The number of para-hydroxylation sites is 2. The summed E-state index contributed by atoms with van der Waals surface area (Å²) in [5.74, 6) is 0. The van der Waals surface area contributed by atoms with Gasteiger partial charge in [-0.15, -0.1) is 0 Å². The van der Waals surface area contributed by atoms with Crippen molar-refractivity contribution in [3.8, 4) is 22.3 Å². The van der Waals surface area contributed by atoms with Crippen molar-refractivity contribution in [2.75, 3.05) is 0 Å². The van der Waals surface area contributed by atoms with E-state index in [1.54, 1.807) is 0 Å². The van der Waals surface area contributed by atoms with Crippen LogP contribution in [0.25, 0.3) is 87.5 Å². The van der Waals surface area contributed by atoms with Crippen molar-refractivity contribution in [1.29, 1.82) is 0 Å². The summed E-state index contributed by atoms with van der Waals surface area (Å²) < 4.78 is 4.37. The van der Waals surface area contributed by atoms with Gasteiger partial charge in [0.05, 0.1) is 33.0 Å². The Morgan fingerprint density at radius 3 is 1.85 bits per heavy atom. The molecule has 0 aliphatic rings. The monoisotopic (exact) mass is 508 g/mol. The molecule has 3 nitrogen and oxygen atoms in total. The second-order valence-corrected chi connectivity index (χ2v) is 10.9. The summed E-state index contributed by atoms with van der Waals surface area (Å²) in [4.78, 5) is 14.5. The van der Waals surface area contributed by atoms with Crippen molar-refractivity contribution in [1.82, 2.24) is 8.80 Å². The predicted octanol–water partition coefficient (Wildman–Crippen LogP) is 8.97. The first-order valence-corrected chi connectivity index (χ1v) is 13.7. The molecule has 184 valence electrons. The van der Waals surface area contributed by atoms with Gasteiger partial charge in [-0.1, -0.05) is 91.0 Å². The summed E-state index contributed by atoms with van der Waals surface area (Å²) in [6.07, 6.45) is 0. The molecule has 0 atom stereocenters. The van der Waals surface area contributed by atoms with Gasteiger partial charge in [-0.3, -0.25) is 9.20 Å². The first-order chi connectivity index (χ1) is 19.8. The van der Waals surface area contributed by atoms with Crippen LogP contribution in [0.2, 0.25) is 0 Å². The Balaban J connectivity index is 1.61. The van der Waals surface area contributed by atoms with Gasteiger partial charge < -0.3 is 4.40 Å². The van der Waals surface area contributed by atoms with Crippen molar-refractivity contribution >= 4 is 65.3 Å². The maximum atomic E-state index is 14.5. The largest absolute Gasteiger partial charge is 0.305 e. The zero-order chi connectivity index (χ0) is 26.1. The second-order valence-electron chi connectivity index (χ2n) is 10.9. The van der Waals surface area contributed by atoms with Gasteiger partial charge in [-0.05, 0) is 52.6 Å². The molecule has 0 unspecified atom stereocenters. The fraction of sp³-hybridized carbons (Fsp3) is 0. The topological polar surface area (TPSA) is 25.9 Å². The zero-order valence-corrected chi connectivity index (χ0v) is 21.3. The Bertz CT molecular complexity index is 2640. The minimum atomic E-state index is 0.0322. The van der Waals surface area contributed by atoms with Crippen molar-refractivity contribution in [3.63, 3.8) is 0 Å². The fourth-order valence-electron chi connectivity index (χ4n) is 7.35. The van der Waals surface area contributed by atoms with E-state index in [0.29, 0.717) is 0 Å². The molecule has 0 saturated heterocycles. The van der Waals surface area contributed by atoms with Crippen LogP contribution in [-0.2, 0) is 0 Å². The molecular weight excluding hydrogens is 488 g/mol. The molecule has 10 aromatic rings. The quantitative estimate of drug-likeness (QED) is 0.229. The number of hydrogen-bond acceptors (Lipinski definition) is 1. The molecule has 0 fully saturated rings. The van der Waals surface area contributed by atoms with E-state index >= 15 is 0 Å². The highest BCUT2D eigenvalue weighted by molar-refractivity contribution is 6.34. The van der Waals surface area contributed by atoms with Crippen LogP contribution in [0.3, 0.4) is 0 Å². The molecule has 0 spiro atoms. The first-order valence-electron chi connectivity index (χ1n) is 13.7. The number of fused-ring (bicyclic) bond motifs is 5. The Kier molecular flexibility index (Phi) is 3.57. The molecule has 0 aliphatic heterocycles. The van der Waals surface area contributed by atoms with Gasteiger partial charge in [0.15, 0.2) is 0 Å². The lowest BCUT2D eigenvalue weighted by Gasteiger charge is -2.09. The molecule has 3 heteroatoms. The average molecular weight is 509 g/mol. The number of rotatable bonds is 2. The summed E-state index contributed by atoms with van der Waals surface area (Å²) >= 11 is 0. The van der Waals surface area contributed by atoms with E-state index in [0.717, 1.165) is 43.6 Å². The van der Waals surface area contributed by atoms with Crippen LogP contribution in [0.5, 0.6) is 0 Å². The SMILES string of the molecule is O=c1c2cccc3c4cc(-c5ccccc5)cc5c6c(-c7ccccc7)cc7c8ccccc8n1c7c6n(c23)c45. The number of nitrogens with zero attached hydrogens (tertiary/aromatic N) is 2.